The van der Waals surface area contributed by atoms with E-state index in [1.165, 1.54) is 44.8 Å². The van der Waals surface area contributed by atoms with Gasteiger partial charge in [0.2, 0.25) is 0 Å². The van der Waals surface area contributed by atoms with E-state index in [9.17, 15) is 4.79 Å². The molecule has 0 aliphatic heterocycles. The first-order valence-electron chi connectivity index (χ1n) is 7.16. The maximum absolute atomic E-state index is 10.9. The largest absolute Gasteiger partial charge is 0.303 e. The number of carbonyl (C=O) groups excluding carboxylic acids is 1. The predicted octanol–water partition coefficient (Wildman–Crippen LogP) is 4.06. The Kier molecular flexibility index (Phi) is 4.05. The van der Waals surface area contributed by atoms with Gasteiger partial charge in [-0.25, -0.2) is 0 Å². The van der Waals surface area contributed by atoms with Crippen LogP contribution in [0.2, 0.25) is 0 Å². The van der Waals surface area contributed by atoms with Gasteiger partial charge in [-0.15, -0.1) is 0 Å². The Labute approximate surface area is 100.0 Å². The lowest BCUT2D eigenvalue weighted by Crippen LogP contribution is -2.31. The monoisotopic (exact) mass is 222 g/mol. The number of rotatable bonds is 2. The molecule has 2 fully saturated rings. The van der Waals surface area contributed by atoms with Crippen LogP contribution in [-0.2, 0) is 4.79 Å². The zero-order valence-corrected chi connectivity index (χ0v) is 10.8. The smallest absolute Gasteiger partial charge is 0.123 e. The maximum Gasteiger partial charge on any atom is 0.123 e. The van der Waals surface area contributed by atoms with Gasteiger partial charge in [0, 0.05) is 5.92 Å². The first kappa shape index (κ1) is 12.1. The van der Waals surface area contributed by atoms with Crippen molar-refractivity contribution in [2.75, 3.05) is 0 Å². The highest BCUT2D eigenvalue weighted by atomic mass is 16.1. The van der Waals surface area contributed by atoms with E-state index in [0.717, 1.165) is 30.1 Å². The van der Waals surface area contributed by atoms with Crippen molar-refractivity contribution >= 4 is 6.29 Å². The van der Waals surface area contributed by atoms with Crippen molar-refractivity contribution in [1.82, 2.24) is 0 Å². The first-order chi connectivity index (χ1) is 7.70. The van der Waals surface area contributed by atoms with E-state index in [0.29, 0.717) is 5.92 Å². The highest BCUT2D eigenvalue weighted by Gasteiger charge is 2.34. The van der Waals surface area contributed by atoms with Crippen molar-refractivity contribution < 1.29 is 4.79 Å². The van der Waals surface area contributed by atoms with Crippen LogP contribution in [0.1, 0.15) is 58.8 Å². The summed E-state index contributed by atoms with van der Waals surface area (Å²) in [4.78, 5) is 10.9. The molecule has 1 heteroatoms. The molecule has 0 spiro atoms. The second-order valence-electron chi connectivity index (χ2n) is 6.38. The van der Waals surface area contributed by atoms with Crippen LogP contribution in [0.3, 0.4) is 0 Å². The van der Waals surface area contributed by atoms with E-state index >= 15 is 0 Å². The Morgan fingerprint density at radius 2 is 1.81 bits per heavy atom. The predicted molar refractivity (Wildman–Crippen MR) is 67.2 cm³/mol. The summed E-state index contributed by atoms with van der Waals surface area (Å²) in [6.45, 7) is 4.83. The van der Waals surface area contributed by atoms with Gasteiger partial charge in [-0.05, 0) is 49.4 Å². The van der Waals surface area contributed by atoms with Crippen LogP contribution < -0.4 is 0 Å². The molecule has 92 valence electrons. The van der Waals surface area contributed by atoms with Crippen LogP contribution in [0.4, 0.5) is 0 Å². The van der Waals surface area contributed by atoms with Crippen molar-refractivity contribution in [1.29, 1.82) is 0 Å². The molecule has 0 saturated heterocycles. The molecule has 0 aromatic carbocycles. The van der Waals surface area contributed by atoms with Gasteiger partial charge in [-0.3, -0.25) is 0 Å². The molecular weight excluding hydrogens is 196 g/mol. The van der Waals surface area contributed by atoms with Crippen molar-refractivity contribution in [3.05, 3.63) is 0 Å². The molecule has 5 atom stereocenters. The Morgan fingerprint density at radius 3 is 2.50 bits per heavy atom. The minimum Gasteiger partial charge on any atom is -0.303 e. The minimum atomic E-state index is 0.380. The summed E-state index contributed by atoms with van der Waals surface area (Å²) >= 11 is 0. The van der Waals surface area contributed by atoms with Gasteiger partial charge in [0.05, 0.1) is 0 Å². The third-order valence-electron chi connectivity index (χ3n) is 5.05. The van der Waals surface area contributed by atoms with Crippen LogP contribution in [0.25, 0.3) is 0 Å². The molecule has 5 unspecified atom stereocenters. The Bertz CT molecular complexity index is 236. The molecule has 0 aromatic rings. The molecule has 2 saturated carbocycles. The molecule has 2 rings (SSSR count). The summed E-state index contributed by atoms with van der Waals surface area (Å²) in [6, 6.07) is 0. The first-order valence-corrected chi connectivity index (χ1v) is 7.16. The molecule has 0 amide bonds. The van der Waals surface area contributed by atoms with Gasteiger partial charge in [-0.2, -0.15) is 0 Å². The van der Waals surface area contributed by atoms with Crippen LogP contribution in [0.15, 0.2) is 0 Å². The average molecular weight is 222 g/mol. The third kappa shape index (κ3) is 2.67. The van der Waals surface area contributed by atoms with Crippen LogP contribution in [0.5, 0.6) is 0 Å². The fraction of sp³-hybridized carbons (Fsp3) is 0.933. The van der Waals surface area contributed by atoms with Crippen molar-refractivity contribution in [2.24, 2.45) is 29.6 Å². The highest BCUT2D eigenvalue weighted by molar-refractivity contribution is 5.53. The van der Waals surface area contributed by atoms with Crippen LogP contribution in [0, 0.1) is 29.6 Å². The van der Waals surface area contributed by atoms with Crippen LogP contribution in [-0.4, -0.2) is 6.29 Å². The van der Waals surface area contributed by atoms with E-state index in [4.69, 9.17) is 0 Å². The van der Waals surface area contributed by atoms with E-state index < -0.39 is 0 Å². The molecule has 2 aliphatic rings. The lowest BCUT2D eigenvalue weighted by Gasteiger charge is -2.40. The Balaban J connectivity index is 1.93. The molecular formula is C15H26O. The summed E-state index contributed by atoms with van der Waals surface area (Å²) in [5.41, 5.74) is 0. The van der Waals surface area contributed by atoms with E-state index in [1.54, 1.807) is 0 Å². The average Bonchev–Trinajstić information content (AvgIpc) is 2.29. The zero-order valence-electron chi connectivity index (χ0n) is 10.8. The van der Waals surface area contributed by atoms with Gasteiger partial charge < -0.3 is 4.79 Å². The summed E-state index contributed by atoms with van der Waals surface area (Å²) in [6.07, 6.45) is 10.5. The Morgan fingerprint density at radius 1 is 1.00 bits per heavy atom. The molecule has 0 heterocycles. The number of aldehydes is 1. The van der Waals surface area contributed by atoms with E-state index in [-0.39, 0.29) is 0 Å². The quantitative estimate of drug-likeness (QED) is 0.644. The Hall–Kier alpha value is -0.330. The van der Waals surface area contributed by atoms with Crippen molar-refractivity contribution in [3.8, 4) is 0 Å². The minimum absolute atomic E-state index is 0.380. The molecule has 0 aromatic heterocycles. The molecule has 1 nitrogen and oxygen atoms in total. The number of carbonyl (C=O) groups is 1. The number of hydrogen-bond acceptors (Lipinski definition) is 1. The topological polar surface area (TPSA) is 17.1 Å². The SMILES string of the molecule is CC1CCC(C2CCCC(C=O)C2)C(C)C1. The summed E-state index contributed by atoms with van der Waals surface area (Å²) in [5.74, 6) is 3.96. The lowest BCUT2D eigenvalue weighted by atomic mass is 9.65. The maximum atomic E-state index is 10.9. The van der Waals surface area contributed by atoms with Gasteiger partial charge in [0.25, 0.3) is 0 Å². The van der Waals surface area contributed by atoms with Gasteiger partial charge in [0.1, 0.15) is 6.29 Å². The van der Waals surface area contributed by atoms with E-state index in [2.05, 4.69) is 13.8 Å². The molecule has 0 N–H and O–H groups in total. The van der Waals surface area contributed by atoms with Crippen molar-refractivity contribution in [3.63, 3.8) is 0 Å². The molecule has 0 radical (unpaired) electrons. The summed E-state index contributed by atoms with van der Waals surface area (Å²) < 4.78 is 0. The standard InChI is InChI=1S/C15H26O/c1-11-6-7-15(12(2)8-11)14-5-3-4-13(9-14)10-16/h10-15H,3-9H2,1-2H3. The van der Waals surface area contributed by atoms with Gasteiger partial charge in [-0.1, -0.05) is 33.1 Å². The molecule has 0 bridgehead atoms. The van der Waals surface area contributed by atoms with Gasteiger partial charge in [0.15, 0.2) is 0 Å². The van der Waals surface area contributed by atoms with Crippen molar-refractivity contribution in [2.45, 2.75) is 58.8 Å². The summed E-state index contributed by atoms with van der Waals surface area (Å²) in [5, 5.41) is 0. The normalized spacial score (nSPS) is 45.2. The summed E-state index contributed by atoms with van der Waals surface area (Å²) in [7, 11) is 0. The lowest BCUT2D eigenvalue weighted by molar-refractivity contribution is -0.112. The second kappa shape index (κ2) is 5.33. The molecule has 2 aliphatic carbocycles. The number of hydrogen-bond donors (Lipinski definition) is 0. The highest BCUT2D eigenvalue weighted by Crippen LogP contribution is 2.43. The second-order valence-corrected chi connectivity index (χ2v) is 6.38. The fourth-order valence-electron chi connectivity index (χ4n) is 4.17. The molecule has 16 heavy (non-hydrogen) atoms. The van der Waals surface area contributed by atoms with E-state index in [1.807, 2.05) is 0 Å². The zero-order chi connectivity index (χ0) is 11.5. The van der Waals surface area contributed by atoms with Gasteiger partial charge >= 0.3 is 0 Å². The third-order valence-corrected chi connectivity index (χ3v) is 5.05. The fourth-order valence-corrected chi connectivity index (χ4v) is 4.17. The van der Waals surface area contributed by atoms with Crippen LogP contribution >= 0.6 is 0 Å².